The Morgan fingerprint density at radius 2 is 1.69 bits per heavy atom. The predicted octanol–water partition coefficient (Wildman–Crippen LogP) is 1.09. The number of aliphatic hydroxyl groups is 4. The Morgan fingerprint density at radius 3 is 2.36 bits per heavy atom. The van der Waals surface area contributed by atoms with Gasteiger partial charge in [0.25, 0.3) is 0 Å². The molecule has 17 nitrogen and oxygen atoms in total. The number of nitrogens with zero attached hydrogens (tertiary/aromatic N) is 1. The highest BCUT2D eigenvalue weighted by atomic mass is 16.7. The van der Waals surface area contributed by atoms with Crippen molar-refractivity contribution in [2.24, 2.45) is 27.9 Å². The molecule has 13 N–H and O–H groups in total. The van der Waals surface area contributed by atoms with Gasteiger partial charge < -0.3 is 67.4 Å². The maximum absolute atomic E-state index is 14.9. The zero-order valence-electron chi connectivity index (χ0n) is 32.1. The van der Waals surface area contributed by atoms with Crippen LogP contribution in [-0.2, 0) is 27.3 Å². The fourth-order valence-corrected chi connectivity index (χ4v) is 7.08. The van der Waals surface area contributed by atoms with E-state index in [0.717, 1.165) is 6.92 Å². The van der Waals surface area contributed by atoms with Crippen LogP contribution in [0.3, 0.4) is 0 Å². The average molecular weight is 812 g/mol. The third kappa shape index (κ3) is 8.73. The van der Waals surface area contributed by atoms with E-state index in [9.17, 15) is 39.9 Å². The molecule has 0 aromatic heterocycles. The van der Waals surface area contributed by atoms with Crippen LogP contribution in [0.15, 0.2) is 71.7 Å². The fourth-order valence-electron chi connectivity index (χ4n) is 7.08. The summed E-state index contributed by atoms with van der Waals surface area (Å²) in [6.07, 6.45) is -4.58. The lowest BCUT2D eigenvalue weighted by Gasteiger charge is -2.45. The van der Waals surface area contributed by atoms with Crippen LogP contribution in [0.25, 0.3) is 12.2 Å². The van der Waals surface area contributed by atoms with Crippen LogP contribution in [0.2, 0.25) is 0 Å². The van der Waals surface area contributed by atoms with E-state index in [2.05, 4.69) is 4.99 Å². The number of benzene rings is 4. The number of hydrogen-bond acceptors (Lipinski definition) is 15. The normalized spacial score (nSPS) is 19.7. The molecular weight excluding hydrogens is 766 g/mol. The van der Waals surface area contributed by atoms with E-state index >= 15 is 0 Å². The molecule has 4 aromatic carbocycles. The number of carbonyl (C=O) groups excluding carboxylic acids is 3. The van der Waals surface area contributed by atoms with Gasteiger partial charge >= 0.3 is 5.97 Å². The molecule has 1 fully saturated rings. The van der Waals surface area contributed by atoms with Gasteiger partial charge in [-0.15, -0.1) is 0 Å². The summed E-state index contributed by atoms with van der Waals surface area (Å²) in [5.74, 6) is -6.65. The van der Waals surface area contributed by atoms with Crippen LogP contribution in [0.4, 0.5) is 0 Å². The maximum atomic E-state index is 14.9. The molecule has 4 aromatic rings. The van der Waals surface area contributed by atoms with Gasteiger partial charge in [0.15, 0.2) is 23.6 Å². The van der Waals surface area contributed by atoms with E-state index in [1.165, 1.54) is 25.1 Å². The lowest BCUT2D eigenvalue weighted by Crippen LogP contribution is -2.67. The van der Waals surface area contributed by atoms with E-state index in [-0.39, 0.29) is 70.4 Å². The molecule has 1 heterocycles. The molecule has 0 saturated carbocycles. The lowest BCUT2D eigenvalue weighted by molar-refractivity contribution is -0.378. The lowest BCUT2D eigenvalue weighted by atomic mass is 9.77. The van der Waals surface area contributed by atoms with Gasteiger partial charge in [-0.3, -0.25) is 19.4 Å². The smallest absolute Gasteiger partial charge is 0.308 e. The summed E-state index contributed by atoms with van der Waals surface area (Å²) in [5, 5.41) is 55.7. The van der Waals surface area contributed by atoms with Crippen LogP contribution in [0.1, 0.15) is 85.2 Å². The largest absolute Gasteiger partial charge is 0.507 e. The molecule has 59 heavy (non-hydrogen) atoms. The second kappa shape index (κ2) is 17.5. The summed E-state index contributed by atoms with van der Waals surface area (Å²) < 4.78 is 23.4. The Morgan fingerprint density at radius 1 is 0.966 bits per heavy atom. The van der Waals surface area contributed by atoms with E-state index in [1.54, 1.807) is 54.6 Å². The van der Waals surface area contributed by atoms with Crippen LogP contribution in [-0.4, -0.2) is 92.6 Å². The minimum absolute atomic E-state index is 0.0410. The zero-order chi connectivity index (χ0) is 42.8. The molecule has 1 aliphatic carbocycles. The number of hydrogen-bond donors (Lipinski definition) is 9. The van der Waals surface area contributed by atoms with Crippen molar-refractivity contribution in [1.82, 2.24) is 0 Å². The standard InChI is InChI=1S/C42H45N5O12/c1-20-37(53)42(54,55)38(56-14-13-47-41(45)46)40(57-20)59-30-18-28-33(34(50)27(30)16-23-9-6-10-24(15-23)39(43)44)36(52)31-25(19-48)17-29(58-21(2)49)26(32(31)35(28)51)12-11-22-7-4-3-5-8-22/h3-12,15,17-18,20,37-40,48,50,53-55H,13-14,16,19,43-44H2,1-2H3,(H4,45,46,47). The predicted molar refractivity (Wildman–Crippen MR) is 213 cm³/mol. The third-order valence-electron chi connectivity index (χ3n) is 9.91. The number of nitrogens with two attached hydrogens (primary N) is 4. The van der Waals surface area contributed by atoms with E-state index in [4.69, 9.17) is 41.9 Å². The van der Waals surface area contributed by atoms with Gasteiger partial charge in [-0.1, -0.05) is 60.7 Å². The van der Waals surface area contributed by atoms with Crippen molar-refractivity contribution >= 4 is 35.6 Å². The van der Waals surface area contributed by atoms with Crippen molar-refractivity contribution in [2.75, 3.05) is 13.2 Å². The van der Waals surface area contributed by atoms with E-state index in [1.807, 2.05) is 6.07 Å². The van der Waals surface area contributed by atoms with Crippen LogP contribution < -0.4 is 32.4 Å². The van der Waals surface area contributed by atoms with Gasteiger partial charge in [0.2, 0.25) is 12.1 Å². The fraction of sp³-hybridized carbons (Fsp3) is 0.286. The summed E-state index contributed by atoms with van der Waals surface area (Å²) in [6.45, 7) is 1.34. The number of aromatic hydroxyl groups is 1. The monoisotopic (exact) mass is 811 g/mol. The number of phenols is 1. The van der Waals surface area contributed by atoms with Crippen LogP contribution in [0, 0.1) is 0 Å². The minimum atomic E-state index is -2.97. The molecule has 0 amide bonds. The van der Waals surface area contributed by atoms with Crippen molar-refractivity contribution in [1.29, 1.82) is 0 Å². The second-order valence-electron chi connectivity index (χ2n) is 14.1. The third-order valence-corrected chi connectivity index (χ3v) is 9.91. The quantitative estimate of drug-likeness (QED) is 0.0153. The van der Waals surface area contributed by atoms with Crippen molar-refractivity contribution in [2.45, 2.75) is 63.4 Å². The SMILES string of the molecule is CC(=O)Oc1cc(CO)c2c(c1C=Cc1ccccc1)C(=O)c1cc(OC3OC(C)C(O)C(O)(O)C3OCCN=C(N)N)c(Cc3cccc(C(N)N)c3)c(O)c1C2=O. The van der Waals surface area contributed by atoms with Gasteiger partial charge in [0.1, 0.15) is 23.4 Å². The van der Waals surface area contributed by atoms with Crippen molar-refractivity contribution in [3.63, 3.8) is 0 Å². The Hall–Kier alpha value is -6.02. The molecule has 4 unspecified atom stereocenters. The number of aliphatic imine (C=N–C) groups is 1. The number of ketones is 2. The number of guanidine groups is 1. The Kier molecular flexibility index (Phi) is 12.6. The number of aliphatic hydroxyl groups excluding tert-OH is 2. The van der Waals surface area contributed by atoms with E-state index in [0.29, 0.717) is 16.7 Å². The molecule has 17 heteroatoms. The molecule has 0 radical (unpaired) electrons. The summed E-state index contributed by atoms with van der Waals surface area (Å²) in [5.41, 5.74) is 23.2. The molecule has 2 aliphatic rings. The maximum Gasteiger partial charge on any atom is 0.308 e. The number of carbonyl (C=O) groups is 3. The highest BCUT2D eigenvalue weighted by Gasteiger charge is 2.56. The van der Waals surface area contributed by atoms with Crippen molar-refractivity contribution in [3.05, 3.63) is 122 Å². The number of ether oxygens (including phenoxy) is 4. The first-order valence-electron chi connectivity index (χ1n) is 18.5. The summed E-state index contributed by atoms with van der Waals surface area (Å²) >= 11 is 0. The number of fused-ring (bicyclic) bond motifs is 2. The highest BCUT2D eigenvalue weighted by molar-refractivity contribution is 6.31. The molecule has 0 spiro atoms. The topological polar surface area (TPSA) is 306 Å². The average Bonchev–Trinajstić information content (AvgIpc) is 3.19. The van der Waals surface area contributed by atoms with Gasteiger partial charge in [-0.2, -0.15) is 0 Å². The van der Waals surface area contributed by atoms with Gasteiger partial charge in [0, 0.05) is 41.2 Å². The first-order chi connectivity index (χ1) is 28.0. The number of phenolic OH excluding ortho intramolecular Hbond substituents is 1. The minimum Gasteiger partial charge on any atom is -0.507 e. The summed E-state index contributed by atoms with van der Waals surface area (Å²) in [4.78, 5) is 45.6. The molecule has 0 bridgehead atoms. The van der Waals surface area contributed by atoms with Gasteiger partial charge in [-0.05, 0) is 47.4 Å². The highest BCUT2D eigenvalue weighted by Crippen LogP contribution is 2.45. The Labute approximate surface area is 338 Å². The molecule has 4 atom stereocenters. The number of rotatable bonds is 13. The summed E-state index contributed by atoms with van der Waals surface area (Å²) in [7, 11) is 0. The first kappa shape index (κ1) is 42.6. The van der Waals surface area contributed by atoms with Crippen LogP contribution >= 0.6 is 0 Å². The summed E-state index contributed by atoms with van der Waals surface area (Å²) in [6, 6.07) is 18.2. The Balaban J connectivity index is 1.55. The van der Waals surface area contributed by atoms with Crippen molar-refractivity contribution < 1.29 is 58.9 Å². The zero-order valence-corrected chi connectivity index (χ0v) is 32.1. The number of esters is 1. The van der Waals surface area contributed by atoms with E-state index < -0.39 is 72.0 Å². The molecule has 1 aliphatic heterocycles. The molecule has 310 valence electrons. The molecule has 1 saturated heterocycles. The molecule has 6 rings (SSSR count). The van der Waals surface area contributed by atoms with Crippen molar-refractivity contribution in [3.8, 4) is 17.2 Å². The molecular formula is C42H45N5O12. The van der Waals surface area contributed by atoms with Crippen LogP contribution in [0.5, 0.6) is 17.2 Å². The van der Waals surface area contributed by atoms with Gasteiger partial charge in [0.05, 0.1) is 37.6 Å². The first-order valence-corrected chi connectivity index (χ1v) is 18.5. The second-order valence-corrected chi connectivity index (χ2v) is 14.1. The van der Waals surface area contributed by atoms with Gasteiger partial charge in [-0.25, -0.2) is 0 Å². The Bertz CT molecular complexity index is 2320.